The third kappa shape index (κ3) is 5.76. The van der Waals surface area contributed by atoms with Gasteiger partial charge in [0.25, 0.3) is 15.9 Å². The molecule has 0 N–H and O–H groups in total. The van der Waals surface area contributed by atoms with Crippen molar-refractivity contribution in [3.8, 4) is 5.75 Å². The Morgan fingerprint density at radius 3 is 2.00 bits per heavy atom. The van der Waals surface area contributed by atoms with E-state index in [1.807, 2.05) is 54.6 Å². The fourth-order valence-corrected chi connectivity index (χ4v) is 6.26. The van der Waals surface area contributed by atoms with Crippen molar-refractivity contribution in [2.75, 3.05) is 42.5 Å². The Kier molecular flexibility index (Phi) is 7.84. The van der Waals surface area contributed by atoms with E-state index in [0.717, 1.165) is 17.0 Å². The Hall–Kier alpha value is -4.30. The first-order valence-corrected chi connectivity index (χ1v) is 14.3. The van der Waals surface area contributed by atoms with E-state index >= 15 is 0 Å². The minimum absolute atomic E-state index is 0.105. The molecular formula is C31H31N3O4S. The van der Waals surface area contributed by atoms with Crippen LogP contribution < -0.4 is 13.9 Å². The Morgan fingerprint density at radius 1 is 0.769 bits per heavy atom. The van der Waals surface area contributed by atoms with Crippen molar-refractivity contribution >= 4 is 27.3 Å². The number of anilines is 2. The van der Waals surface area contributed by atoms with Gasteiger partial charge in [0, 0.05) is 31.9 Å². The average Bonchev–Trinajstić information content (AvgIpc) is 3.00. The topological polar surface area (TPSA) is 70.2 Å². The second-order valence-electron chi connectivity index (χ2n) is 9.30. The van der Waals surface area contributed by atoms with Gasteiger partial charge in [-0.05, 0) is 54.1 Å². The van der Waals surface area contributed by atoms with E-state index in [1.165, 1.54) is 4.31 Å². The zero-order chi connectivity index (χ0) is 27.2. The van der Waals surface area contributed by atoms with Gasteiger partial charge in [0.2, 0.25) is 0 Å². The highest BCUT2D eigenvalue weighted by molar-refractivity contribution is 7.92. The third-order valence-electron chi connectivity index (χ3n) is 6.91. The van der Waals surface area contributed by atoms with Gasteiger partial charge in [-0.3, -0.25) is 9.10 Å². The smallest absolute Gasteiger partial charge is 0.264 e. The fourth-order valence-electron chi connectivity index (χ4n) is 4.77. The molecule has 0 aliphatic carbocycles. The Balaban J connectivity index is 1.42. The number of carbonyl (C=O) groups is 1. The van der Waals surface area contributed by atoms with E-state index in [-0.39, 0.29) is 17.3 Å². The van der Waals surface area contributed by atoms with E-state index < -0.39 is 10.0 Å². The van der Waals surface area contributed by atoms with Gasteiger partial charge in [-0.2, -0.15) is 0 Å². The van der Waals surface area contributed by atoms with Gasteiger partial charge >= 0.3 is 0 Å². The second kappa shape index (κ2) is 11.6. The van der Waals surface area contributed by atoms with Crippen LogP contribution in [0.5, 0.6) is 5.75 Å². The van der Waals surface area contributed by atoms with Crippen molar-refractivity contribution in [1.82, 2.24) is 4.90 Å². The Bertz CT molecular complexity index is 1500. The van der Waals surface area contributed by atoms with Crippen LogP contribution in [0, 0.1) is 0 Å². The molecule has 0 radical (unpaired) electrons. The summed E-state index contributed by atoms with van der Waals surface area (Å²) in [4.78, 5) is 18.0. The molecule has 0 bridgehead atoms. The molecule has 0 atom stereocenters. The monoisotopic (exact) mass is 541 g/mol. The first-order valence-electron chi connectivity index (χ1n) is 12.9. The lowest BCUT2D eigenvalue weighted by Crippen LogP contribution is -2.49. The molecule has 4 aromatic rings. The number of rotatable bonds is 8. The quantitative estimate of drug-likeness (QED) is 0.312. The number of hydrogen-bond donors (Lipinski definition) is 0. The van der Waals surface area contributed by atoms with E-state index in [1.54, 1.807) is 66.6 Å². The maximum atomic E-state index is 13.9. The van der Waals surface area contributed by atoms with Crippen LogP contribution in [0.1, 0.15) is 15.9 Å². The van der Waals surface area contributed by atoms with Crippen LogP contribution in [0.2, 0.25) is 0 Å². The largest absolute Gasteiger partial charge is 0.497 e. The highest BCUT2D eigenvalue weighted by atomic mass is 32.2. The molecule has 8 heteroatoms. The zero-order valence-corrected chi connectivity index (χ0v) is 22.6. The van der Waals surface area contributed by atoms with Crippen molar-refractivity contribution in [1.29, 1.82) is 0 Å². The molecular weight excluding hydrogens is 510 g/mol. The normalized spacial score (nSPS) is 13.7. The minimum atomic E-state index is -3.95. The molecule has 1 aliphatic rings. The summed E-state index contributed by atoms with van der Waals surface area (Å²) in [6, 6.07) is 32.6. The van der Waals surface area contributed by atoms with E-state index in [0.29, 0.717) is 37.4 Å². The molecule has 1 heterocycles. The molecule has 5 rings (SSSR count). The number of piperazine rings is 1. The van der Waals surface area contributed by atoms with Gasteiger partial charge in [0.1, 0.15) is 5.75 Å². The number of methoxy groups -OCH3 is 1. The SMILES string of the molecule is COc1ccc(N2CCN(C(=O)c3ccccc3N(Cc3ccccc3)S(=O)(=O)c3ccccc3)CC2)cc1. The number of amides is 1. The molecule has 1 amide bonds. The number of nitrogens with zero attached hydrogens (tertiary/aromatic N) is 3. The second-order valence-corrected chi connectivity index (χ2v) is 11.2. The molecule has 0 unspecified atom stereocenters. The van der Waals surface area contributed by atoms with Crippen LogP contribution >= 0.6 is 0 Å². The summed E-state index contributed by atoms with van der Waals surface area (Å²) in [6.07, 6.45) is 0. The third-order valence-corrected chi connectivity index (χ3v) is 8.68. The number of hydrogen-bond acceptors (Lipinski definition) is 5. The predicted octanol–water partition coefficient (Wildman–Crippen LogP) is 5.05. The van der Waals surface area contributed by atoms with Crippen molar-refractivity contribution < 1.29 is 17.9 Å². The van der Waals surface area contributed by atoms with Gasteiger partial charge < -0.3 is 14.5 Å². The first kappa shape index (κ1) is 26.3. The standard InChI is InChI=1S/C31H31N3O4S/c1-38-27-18-16-26(17-19-27)32-20-22-33(23-21-32)31(35)29-14-8-9-15-30(29)34(24-25-10-4-2-5-11-25)39(36,37)28-12-6-3-7-13-28/h2-19H,20-24H2,1H3. The summed E-state index contributed by atoms with van der Waals surface area (Å²) in [5.74, 6) is 0.621. The molecule has 1 fully saturated rings. The Morgan fingerprint density at radius 2 is 1.36 bits per heavy atom. The molecule has 1 aliphatic heterocycles. The molecule has 0 spiro atoms. The zero-order valence-electron chi connectivity index (χ0n) is 21.8. The number of benzene rings is 4. The van der Waals surface area contributed by atoms with Gasteiger partial charge in [0.15, 0.2) is 0 Å². The number of sulfonamides is 1. The summed E-state index contributed by atoms with van der Waals surface area (Å²) in [6.45, 7) is 2.52. The van der Waals surface area contributed by atoms with Crippen LogP contribution in [0.25, 0.3) is 0 Å². The van der Waals surface area contributed by atoms with Crippen molar-refractivity contribution in [2.45, 2.75) is 11.4 Å². The van der Waals surface area contributed by atoms with E-state index in [4.69, 9.17) is 4.74 Å². The average molecular weight is 542 g/mol. The summed E-state index contributed by atoms with van der Waals surface area (Å²) in [5, 5.41) is 0. The van der Waals surface area contributed by atoms with Gasteiger partial charge in [-0.1, -0.05) is 60.7 Å². The number of para-hydroxylation sites is 1. The molecule has 39 heavy (non-hydrogen) atoms. The molecule has 7 nitrogen and oxygen atoms in total. The lowest BCUT2D eigenvalue weighted by Gasteiger charge is -2.37. The summed E-state index contributed by atoms with van der Waals surface area (Å²) >= 11 is 0. The highest BCUT2D eigenvalue weighted by Gasteiger charge is 2.31. The highest BCUT2D eigenvalue weighted by Crippen LogP contribution is 2.30. The van der Waals surface area contributed by atoms with Gasteiger partial charge in [-0.25, -0.2) is 8.42 Å². The summed E-state index contributed by atoms with van der Waals surface area (Å²) in [7, 11) is -2.30. The lowest BCUT2D eigenvalue weighted by molar-refractivity contribution is 0.0747. The predicted molar refractivity (Wildman–Crippen MR) is 154 cm³/mol. The van der Waals surface area contributed by atoms with Crippen LogP contribution in [0.4, 0.5) is 11.4 Å². The van der Waals surface area contributed by atoms with Crippen molar-refractivity contribution in [3.05, 3.63) is 120 Å². The lowest BCUT2D eigenvalue weighted by atomic mass is 10.1. The number of ether oxygens (including phenoxy) is 1. The van der Waals surface area contributed by atoms with Crippen LogP contribution in [0.15, 0.2) is 114 Å². The van der Waals surface area contributed by atoms with Crippen molar-refractivity contribution in [2.24, 2.45) is 0 Å². The minimum Gasteiger partial charge on any atom is -0.497 e. The number of carbonyl (C=O) groups excluding carboxylic acids is 1. The van der Waals surface area contributed by atoms with Gasteiger partial charge in [-0.15, -0.1) is 0 Å². The molecule has 0 aromatic heterocycles. The van der Waals surface area contributed by atoms with Crippen LogP contribution in [0.3, 0.4) is 0 Å². The maximum Gasteiger partial charge on any atom is 0.264 e. The van der Waals surface area contributed by atoms with Crippen LogP contribution in [-0.4, -0.2) is 52.5 Å². The first-order chi connectivity index (χ1) is 19.0. The summed E-state index contributed by atoms with van der Waals surface area (Å²) in [5.41, 5.74) is 2.64. The van der Waals surface area contributed by atoms with Gasteiger partial charge in [0.05, 0.1) is 29.8 Å². The van der Waals surface area contributed by atoms with Crippen molar-refractivity contribution in [3.63, 3.8) is 0 Å². The molecule has 200 valence electrons. The fraction of sp³-hybridized carbons (Fsp3) is 0.194. The molecule has 4 aromatic carbocycles. The molecule has 1 saturated heterocycles. The van der Waals surface area contributed by atoms with E-state index in [9.17, 15) is 13.2 Å². The molecule has 0 saturated carbocycles. The maximum absolute atomic E-state index is 13.9. The summed E-state index contributed by atoms with van der Waals surface area (Å²) < 4.78 is 34.4. The van der Waals surface area contributed by atoms with Crippen LogP contribution in [-0.2, 0) is 16.6 Å². The van der Waals surface area contributed by atoms with E-state index in [2.05, 4.69) is 4.90 Å². The Labute approximate surface area is 229 Å².